The smallest absolute Gasteiger partial charge is 0.266 e. The molecule has 8 heteroatoms. The monoisotopic (exact) mass is 407 g/mol. The van der Waals surface area contributed by atoms with Crippen molar-refractivity contribution in [3.63, 3.8) is 0 Å². The van der Waals surface area contributed by atoms with Crippen LogP contribution in [0.1, 0.15) is 31.2 Å². The summed E-state index contributed by atoms with van der Waals surface area (Å²) in [4.78, 5) is 29.4. The van der Waals surface area contributed by atoms with E-state index in [9.17, 15) is 9.59 Å². The summed E-state index contributed by atoms with van der Waals surface area (Å²) in [6.07, 6.45) is 0.861. The summed E-state index contributed by atoms with van der Waals surface area (Å²) < 4.78 is 1.91. The van der Waals surface area contributed by atoms with Crippen molar-refractivity contribution in [1.82, 2.24) is 14.7 Å². The quantitative estimate of drug-likeness (QED) is 0.723. The molecule has 1 N–H and O–H groups in total. The fourth-order valence-corrected chi connectivity index (χ4v) is 4.70. The maximum Gasteiger partial charge on any atom is 0.266 e. The van der Waals surface area contributed by atoms with E-state index >= 15 is 0 Å². The maximum absolute atomic E-state index is 12.4. The van der Waals surface area contributed by atoms with Gasteiger partial charge in [0.25, 0.3) is 11.8 Å². The van der Waals surface area contributed by atoms with Gasteiger partial charge in [0.05, 0.1) is 11.4 Å². The molecule has 2 aliphatic rings. The number of rotatable bonds is 3. The molecule has 29 heavy (non-hydrogen) atoms. The number of nitrogens with one attached hydrogen (secondary N) is 1. The number of fused-ring (bicyclic) bond motifs is 2. The Kier molecular flexibility index (Phi) is 4.16. The summed E-state index contributed by atoms with van der Waals surface area (Å²) in [7, 11) is 1.84. The van der Waals surface area contributed by atoms with Gasteiger partial charge in [-0.15, -0.1) is 11.3 Å². The number of aromatic nitrogens is 2. The second kappa shape index (κ2) is 6.73. The summed E-state index contributed by atoms with van der Waals surface area (Å²) >= 11 is 1.43. The molecule has 0 bridgehead atoms. The maximum atomic E-state index is 12.4. The highest BCUT2D eigenvalue weighted by atomic mass is 32.1. The molecule has 3 aromatic rings. The third kappa shape index (κ3) is 3.09. The molecule has 5 rings (SSSR count). The number of carbonyl (C=O) groups excluding carboxylic acids is 2. The number of amides is 2. The molecule has 2 aromatic heterocycles. The van der Waals surface area contributed by atoms with Gasteiger partial charge in [0, 0.05) is 37.5 Å². The number of likely N-dealkylation sites (N-methyl/N-ethyl adjacent to an activating group) is 1. The lowest BCUT2D eigenvalue weighted by molar-refractivity contribution is 0.0780. The third-order valence-corrected chi connectivity index (χ3v) is 6.51. The van der Waals surface area contributed by atoms with Crippen LogP contribution >= 0.6 is 11.3 Å². The molecule has 4 heterocycles. The SMILES string of the molecule is Cc1csc(C(=O)Nc2cc3n(n2)CCN3c2ccc3c(c2)CCN(C)C3=O)c1. The van der Waals surface area contributed by atoms with Gasteiger partial charge < -0.3 is 15.1 Å². The van der Waals surface area contributed by atoms with E-state index in [1.807, 2.05) is 48.3 Å². The van der Waals surface area contributed by atoms with E-state index in [2.05, 4.69) is 21.4 Å². The first-order valence-corrected chi connectivity index (χ1v) is 10.5. The van der Waals surface area contributed by atoms with Crippen molar-refractivity contribution < 1.29 is 9.59 Å². The number of benzene rings is 1. The second-order valence-electron chi connectivity index (χ2n) is 7.52. The standard InChI is InChI=1S/C21H21N5O2S/c1-13-9-17(29-12-13)20(27)22-18-11-19-25(7-8-26(19)23-18)15-3-4-16-14(10-15)5-6-24(2)21(16)28/h3-4,9-12H,5-8H2,1-2H3,(H,22,23,27). The molecule has 0 atom stereocenters. The lowest BCUT2D eigenvalue weighted by Crippen LogP contribution is -2.34. The van der Waals surface area contributed by atoms with Gasteiger partial charge in [-0.2, -0.15) is 5.10 Å². The van der Waals surface area contributed by atoms with Crippen molar-refractivity contribution in [3.05, 3.63) is 57.3 Å². The van der Waals surface area contributed by atoms with E-state index in [1.54, 1.807) is 4.90 Å². The van der Waals surface area contributed by atoms with E-state index < -0.39 is 0 Å². The summed E-state index contributed by atoms with van der Waals surface area (Å²) in [5.74, 6) is 1.44. The Balaban J connectivity index is 1.39. The normalized spacial score (nSPS) is 15.4. The Labute approximate surface area is 172 Å². The molecular formula is C21H21N5O2S. The summed E-state index contributed by atoms with van der Waals surface area (Å²) in [5.41, 5.74) is 4.00. The van der Waals surface area contributed by atoms with Gasteiger partial charge in [-0.05, 0) is 54.1 Å². The van der Waals surface area contributed by atoms with Gasteiger partial charge in [-0.25, -0.2) is 4.68 Å². The molecule has 0 saturated heterocycles. The third-order valence-electron chi connectivity index (χ3n) is 5.46. The fourth-order valence-electron chi connectivity index (χ4n) is 3.91. The molecule has 148 valence electrons. The molecule has 0 radical (unpaired) electrons. The molecule has 1 aromatic carbocycles. The highest BCUT2D eigenvalue weighted by molar-refractivity contribution is 7.12. The average molecular weight is 407 g/mol. The van der Waals surface area contributed by atoms with Crippen LogP contribution in [0, 0.1) is 6.92 Å². The van der Waals surface area contributed by atoms with Gasteiger partial charge >= 0.3 is 0 Å². The van der Waals surface area contributed by atoms with Crippen LogP contribution in [-0.2, 0) is 13.0 Å². The Bertz CT molecular complexity index is 1130. The van der Waals surface area contributed by atoms with Crippen LogP contribution in [0.2, 0.25) is 0 Å². The van der Waals surface area contributed by atoms with Gasteiger partial charge in [0.2, 0.25) is 0 Å². The number of thiophene rings is 1. The van der Waals surface area contributed by atoms with Crippen LogP contribution in [0.25, 0.3) is 0 Å². The molecule has 7 nitrogen and oxygen atoms in total. The Hall–Kier alpha value is -3.13. The number of aryl methyl sites for hydroxylation is 1. The van der Waals surface area contributed by atoms with Crippen LogP contribution in [-0.4, -0.2) is 46.6 Å². The molecular weight excluding hydrogens is 386 g/mol. The highest BCUT2D eigenvalue weighted by Crippen LogP contribution is 2.34. The van der Waals surface area contributed by atoms with Gasteiger partial charge in [-0.1, -0.05) is 0 Å². The number of hydrogen-bond acceptors (Lipinski definition) is 5. The summed E-state index contributed by atoms with van der Waals surface area (Å²) in [6, 6.07) is 9.80. The van der Waals surface area contributed by atoms with Crippen molar-refractivity contribution in [3.8, 4) is 0 Å². The van der Waals surface area contributed by atoms with Crippen molar-refractivity contribution >= 4 is 40.5 Å². The molecule has 0 unspecified atom stereocenters. The van der Waals surface area contributed by atoms with E-state index in [-0.39, 0.29) is 11.8 Å². The number of hydrogen-bond donors (Lipinski definition) is 1. The minimum absolute atomic E-state index is 0.0816. The van der Waals surface area contributed by atoms with Crippen LogP contribution in [0.4, 0.5) is 17.3 Å². The minimum atomic E-state index is -0.136. The lowest BCUT2D eigenvalue weighted by Gasteiger charge is -2.26. The number of nitrogens with zero attached hydrogens (tertiary/aromatic N) is 4. The second-order valence-corrected chi connectivity index (χ2v) is 8.43. The lowest BCUT2D eigenvalue weighted by atomic mass is 9.98. The van der Waals surface area contributed by atoms with Crippen molar-refractivity contribution in [2.75, 3.05) is 30.4 Å². The van der Waals surface area contributed by atoms with Gasteiger partial charge in [-0.3, -0.25) is 9.59 Å². The van der Waals surface area contributed by atoms with Crippen LogP contribution in [0.3, 0.4) is 0 Å². The fraction of sp³-hybridized carbons (Fsp3) is 0.286. The Morgan fingerprint density at radius 3 is 2.83 bits per heavy atom. The van der Waals surface area contributed by atoms with Crippen molar-refractivity contribution in [2.45, 2.75) is 19.9 Å². The number of anilines is 3. The zero-order chi connectivity index (χ0) is 20.1. The largest absolute Gasteiger partial charge is 0.341 e. The van der Waals surface area contributed by atoms with Crippen LogP contribution < -0.4 is 10.2 Å². The van der Waals surface area contributed by atoms with Gasteiger partial charge in [0.1, 0.15) is 5.82 Å². The first-order valence-electron chi connectivity index (χ1n) is 9.60. The molecule has 0 saturated carbocycles. The predicted molar refractivity (Wildman–Crippen MR) is 113 cm³/mol. The first kappa shape index (κ1) is 17.9. The minimum Gasteiger partial charge on any atom is -0.341 e. The summed E-state index contributed by atoms with van der Waals surface area (Å²) in [6.45, 7) is 4.28. The summed E-state index contributed by atoms with van der Waals surface area (Å²) in [5, 5.41) is 9.39. The molecule has 0 spiro atoms. The molecule has 0 fully saturated rings. The molecule has 2 amide bonds. The van der Waals surface area contributed by atoms with E-state index in [1.165, 1.54) is 11.3 Å². The van der Waals surface area contributed by atoms with E-state index in [0.29, 0.717) is 10.7 Å². The topological polar surface area (TPSA) is 70.5 Å². The van der Waals surface area contributed by atoms with E-state index in [0.717, 1.165) is 54.3 Å². The molecule has 2 aliphatic heterocycles. The van der Waals surface area contributed by atoms with Crippen LogP contribution in [0.5, 0.6) is 0 Å². The zero-order valence-electron chi connectivity index (χ0n) is 16.3. The van der Waals surface area contributed by atoms with Gasteiger partial charge in [0.15, 0.2) is 5.82 Å². The Morgan fingerprint density at radius 1 is 1.17 bits per heavy atom. The Morgan fingerprint density at radius 2 is 2.03 bits per heavy atom. The first-order chi connectivity index (χ1) is 14.0. The van der Waals surface area contributed by atoms with Crippen molar-refractivity contribution in [1.29, 1.82) is 0 Å². The predicted octanol–water partition coefficient (Wildman–Crippen LogP) is 3.29. The highest BCUT2D eigenvalue weighted by Gasteiger charge is 2.26. The molecule has 0 aliphatic carbocycles. The average Bonchev–Trinajstić information content (AvgIpc) is 3.40. The van der Waals surface area contributed by atoms with Crippen LogP contribution in [0.15, 0.2) is 35.7 Å². The number of carbonyl (C=O) groups is 2. The van der Waals surface area contributed by atoms with Crippen molar-refractivity contribution in [2.24, 2.45) is 0 Å². The van der Waals surface area contributed by atoms with E-state index in [4.69, 9.17) is 0 Å². The zero-order valence-corrected chi connectivity index (χ0v) is 17.1.